The van der Waals surface area contributed by atoms with Crippen molar-refractivity contribution < 1.29 is 4.79 Å². The molecule has 1 aromatic carbocycles. The van der Waals surface area contributed by atoms with Gasteiger partial charge in [0.2, 0.25) is 0 Å². The summed E-state index contributed by atoms with van der Waals surface area (Å²) in [4.78, 5) is 18.9. The number of carbonyl (C=O) groups excluding carboxylic acids is 1. The van der Waals surface area contributed by atoms with E-state index in [1.807, 2.05) is 30.0 Å². The monoisotopic (exact) mass is 428 g/mol. The van der Waals surface area contributed by atoms with Gasteiger partial charge in [0.1, 0.15) is 0 Å². The number of piperazine rings is 1. The zero-order valence-electron chi connectivity index (χ0n) is 17.5. The summed E-state index contributed by atoms with van der Waals surface area (Å²) in [5, 5.41) is 12.4. The van der Waals surface area contributed by atoms with E-state index in [1.54, 1.807) is 0 Å². The summed E-state index contributed by atoms with van der Waals surface area (Å²) in [6.07, 6.45) is 5.05. The number of benzene rings is 1. The van der Waals surface area contributed by atoms with Crippen molar-refractivity contribution in [2.45, 2.75) is 32.6 Å². The fourth-order valence-corrected chi connectivity index (χ4v) is 4.29. The third-order valence-corrected chi connectivity index (χ3v) is 6.14. The summed E-state index contributed by atoms with van der Waals surface area (Å²) < 4.78 is 0. The fraction of sp³-hybridized carbons (Fsp3) is 0.500. The molecule has 8 heteroatoms. The molecule has 0 unspecified atom stereocenters. The van der Waals surface area contributed by atoms with Crippen LogP contribution in [0.2, 0.25) is 5.02 Å². The number of rotatable bonds is 3. The first-order valence-electron chi connectivity index (χ1n) is 10.8. The molecule has 2 aromatic rings. The molecule has 2 aliphatic rings. The van der Waals surface area contributed by atoms with Gasteiger partial charge in [0.05, 0.1) is 10.7 Å². The highest BCUT2D eigenvalue weighted by molar-refractivity contribution is 6.33. The lowest BCUT2D eigenvalue weighted by Crippen LogP contribution is -2.50. The lowest BCUT2D eigenvalue weighted by molar-refractivity contribution is 0.208. The van der Waals surface area contributed by atoms with Crippen LogP contribution in [0.15, 0.2) is 30.3 Å². The van der Waals surface area contributed by atoms with Crippen LogP contribution in [0.1, 0.15) is 31.2 Å². The molecule has 0 aliphatic carbocycles. The van der Waals surface area contributed by atoms with Gasteiger partial charge in [-0.25, -0.2) is 4.79 Å². The number of hydrogen-bond acceptors (Lipinski definition) is 5. The van der Waals surface area contributed by atoms with Crippen LogP contribution in [-0.4, -0.2) is 60.4 Å². The van der Waals surface area contributed by atoms with E-state index in [2.05, 4.69) is 37.4 Å². The molecule has 4 rings (SSSR count). The predicted octanol–water partition coefficient (Wildman–Crippen LogP) is 4.17. The van der Waals surface area contributed by atoms with Gasteiger partial charge < -0.3 is 20.0 Å². The lowest BCUT2D eigenvalue weighted by Gasteiger charge is -2.35. The number of urea groups is 1. The Kier molecular flexibility index (Phi) is 6.57. The van der Waals surface area contributed by atoms with Crippen molar-refractivity contribution in [1.82, 2.24) is 15.1 Å². The van der Waals surface area contributed by atoms with Crippen LogP contribution in [0.4, 0.5) is 22.1 Å². The molecule has 2 amide bonds. The van der Waals surface area contributed by atoms with Crippen LogP contribution in [0.3, 0.4) is 0 Å². The molecule has 1 aromatic heterocycles. The number of halogens is 1. The molecule has 2 fully saturated rings. The van der Waals surface area contributed by atoms with E-state index in [9.17, 15) is 4.79 Å². The molecule has 0 spiro atoms. The highest BCUT2D eigenvalue weighted by Gasteiger charge is 2.23. The average Bonchev–Trinajstić information content (AvgIpc) is 3.05. The molecule has 30 heavy (non-hydrogen) atoms. The zero-order chi connectivity index (χ0) is 20.9. The number of hydrogen-bond donors (Lipinski definition) is 1. The maximum atomic E-state index is 12.6. The van der Waals surface area contributed by atoms with Crippen molar-refractivity contribution in [1.29, 1.82) is 0 Å². The maximum absolute atomic E-state index is 12.6. The smallest absolute Gasteiger partial charge is 0.322 e. The summed E-state index contributed by atoms with van der Waals surface area (Å²) in [7, 11) is 0. The molecule has 0 saturated carbocycles. The average molecular weight is 429 g/mol. The van der Waals surface area contributed by atoms with E-state index >= 15 is 0 Å². The quantitative estimate of drug-likeness (QED) is 0.794. The molecule has 0 bridgehead atoms. The van der Waals surface area contributed by atoms with Crippen molar-refractivity contribution in [2.75, 3.05) is 54.4 Å². The van der Waals surface area contributed by atoms with E-state index in [4.69, 9.17) is 11.6 Å². The molecule has 160 valence electrons. The molecular formula is C22H29ClN6O. The first kappa shape index (κ1) is 20.7. The third kappa shape index (κ3) is 4.95. The Hall–Kier alpha value is -2.54. The highest BCUT2D eigenvalue weighted by Crippen LogP contribution is 2.24. The van der Waals surface area contributed by atoms with Gasteiger partial charge >= 0.3 is 6.03 Å². The number of carbonyl (C=O) groups is 1. The Bertz CT molecular complexity index is 858. The van der Waals surface area contributed by atoms with Crippen molar-refractivity contribution in [3.63, 3.8) is 0 Å². The minimum Gasteiger partial charge on any atom is -0.355 e. The van der Waals surface area contributed by atoms with E-state index < -0.39 is 0 Å². The molecule has 2 aliphatic heterocycles. The summed E-state index contributed by atoms with van der Waals surface area (Å²) in [5.41, 5.74) is 1.71. The summed E-state index contributed by atoms with van der Waals surface area (Å²) in [5.74, 6) is 1.84. The van der Waals surface area contributed by atoms with E-state index in [0.717, 1.165) is 43.4 Å². The van der Waals surface area contributed by atoms with E-state index in [1.165, 1.54) is 25.7 Å². The minimum atomic E-state index is -0.122. The standard InChI is InChI=1S/C22H29ClN6O/c1-17-6-7-19(18(23)16-17)24-22(30)29-14-12-28(13-15-29)21-9-8-20(25-26-21)27-10-4-2-3-5-11-27/h6-9,16H,2-5,10-15H2,1H3,(H,24,30). The van der Waals surface area contributed by atoms with Gasteiger partial charge in [0, 0.05) is 39.3 Å². The normalized spacial score (nSPS) is 17.6. The second-order valence-corrected chi connectivity index (χ2v) is 8.45. The molecule has 7 nitrogen and oxygen atoms in total. The van der Waals surface area contributed by atoms with Crippen molar-refractivity contribution >= 4 is 35.0 Å². The Labute approximate surface area is 183 Å². The van der Waals surface area contributed by atoms with Crippen LogP contribution >= 0.6 is 11.6 Å². The van der Waals surface area contributed by atoms with Crippen molar-refractivity contribution in [3.05, 3.63) is 40.9 Å². The predicted molar refractivity (Wildman–Crippen MR) is 122 cm³/mol. The van der Waals surface area contributed by atoms with Crippen LogP contribution in [-0.2, 0) is 0 Å². The zero-order valence-corrected chi connectivity index (χ0v) is 18.2. The van der Waals surface area contributed by atoms with Gasteiger partial charge in [0.25, 0.3) is 0 Å². The number of aromatic nitrogens is 2. The Morgan fingerprint density at radius 1 is 0.867 bits per heavy atom. The highest BCUT2D eigenvalue weighted by atomic mass is 35.5. The van der Waals surface area contributed by atoms with Gasteiger partial charge in [-0.15, -0.1) is 10.2 Å². The summed E-state index contributed by atoms with van der Waals surface area (Å²) >= 11 is 6.23. The first-order chi connectivity index (χ1) is 14.6. The molecule has 0 atom stereocenters. The SMILES string of the molecule is Cc1ccc(NC(=O)N2CCN(c3ccc(N4CCCCCC4)nn3)CC2)c(Cl)c1. The van der Waals surface area contributed by atoms with E-state index in [-0.39, 0.29) is 6.03 Å². The Morgan fingerprint density at radius 3 is 2.03 bits per heavy atom. The number of nitrogens with one attached hydrogen (secondary N) is 1. The van der Waals surface area contributed by atoms with Gasteiger partial charge in [-0.2, -0.15) is 0 Å². The van der Waals surface area contributed by atoms with Crippen molar-refractivity contribution in [2.24, 2.45) is 0 Å². The van der Waals surface area contributed by atoms with E-state index in [0.29, 0.717) is 23.8 Å². The van der Waals surface area contributed by atoms with Gasteiger partial charge in [-0.1, -0.05) is 30.5 Å². The number of anilines is 3. The van der Waals surface area contributed by atoms with Gasteiger partial charge in [-0.3, -0.25) is 0 Å². The van der Waals surface area contributed by atoms with Crippen LogP contribution < -0.4 is 15.1 Å². The second-order valence-electron chi connectivity index (χ2n) is 8.04. The largest absolute Gasteiger partial charge is 0.355 e. The third-order valence-electron chi connectivity index (χ3n) is 5.82. The molecule has 0 radical (unpaired) electrons. The Balaban J connectivity index is 1.31. The maximum Gasteiger partial charge on any atom is 0.322 e. The van der Waals surface area contributed by atoms with Crippen LogP contribution in [0.5, 0.6) is 0 Å². The summed E-state index contributed by atoms with van der Waals surface area (Å²) in [6.45, 7) is 6.81. The number of aryl methyl sites for hydroxylation is 1. The number of nitrogens with zero attached hydrogens (tertiary/aromatic N) is 5. The van der Waals surface area contributed by atoms with Crippen molar-refractivity contribution in [3.8, 4) is 0 Å². The molecule has 1 N–H and O–H groups in total. The second kappa shape index (κ2) is 9.51. The lowest BCUT2D eigenvalue weighted by atomic mass is 10.2. The van der Waals surface area contributed by atoms with Crippen LogP contribution in [0.25, 0.3) is 0 Å². The molecular weight excluding hydrogens is 400 g/mol. The van der Waals surface area contributed by atoms with Gasteiger partial charge in [0.15, 0.2) is 11.6 Å². The summed E-state index contributed by atoms with van der Waals surface area (Å²) in [6, 6.07) is 9.63. The van der Waals surface area contributed by atoms with Crippen LogP contribution in [0, 0.1) is 6.92 Å². The molecule has 2 saturated heterocycles. The topological polar surface area (TPSA) is 64.6 Å². The first-order valence-corrected chi connectivity index (χ1v) is 11.1. The number of amides is 2. The fourth-order valence-electron chi connectivity index (χ4n) is 4.01. The molecule has 3 heterocycles. The van der Waals surface area contributed by atoms with Gasteiger partial charge in [-0.05, 0) is 49.6 Å². The Morgan fingerprint density at radius 2 is 1.47 bits per heavy atom. The minimum absolute atomic E-state index is 0.122.